The van der Waals surface area contributed by atoms with Crippen LogP contribution in [0.15, 0.2) is 4.52 Å². The molecule has 2 aliphatic heterocycles. The number of carbonyl (C=O) groups is 1. The van der Waals surface area contributed by atoms with Crippen molar-refractivity contribution in [2.24, 2.45) is 0 Å². The van der Waals surface area contributed by atoms with Crippen LogP contribution in [0.25, 0.3) is 0 Å². The second-order valence-corrected chi connectivity index (χ2v) is 6.40. The number of carbonyl (C=O) groups excluding carboxylic acids is 1. The Morgan fingerprint density at radius 3 is 2.73 bits per heavy atom. The molecule has 2 saturated heterocycles. The second kappa shape index (κ2) is 6.75. The highest BCUT2D eigenvalue weighted by molar-refractivity contribution is 5.76. The van der Waals surface area contributed by atoms with Gasteiger partial charge in [0.2, 0.25) is 11.8 Å². The molecule has 0 bridgehead atoms. The van der Waals surface area contributed by atoms with Crippen molar-refractivity contribution in [3.05, 3.63) is 11.7 Å². The minimum absolute atomic E-state index is 0.203. The molecule has 7 nitrogen and oxygen atoms in total. The highest BCUT2D eigenvalue weighted by Crippen LogP contribution is 2.26. The van der Waals surface area contributed by atoms with Crippen molar-refractivity contribution in [3.63, 3.8) is 0 Å². The van der Waals surface area contributed by atoms with Crippen molar-refractivity contribution in [2.45, 2.75) is 25.7 Å². The van der Waals surface area contributed by atoms with Gasteiger partial charge in [0, 0.05) is 52.2 Å². The predicted molar refractivity (Wildman–Crippen MR) is 81.5 cm³/mol. The number of nitrogens with zero attached hydrogens (tertiary/aromatic N) is 5. The molecule has 0 N–H and O–H groups in total. The highest BCUT2D eigenvalue weighted by atomic mass is 16.5. The number of piperazine rings is 1. The van der Waals surface area contributed by atoms with Gasteiger partial charge in [-0.3, -0.25) is 4.79 Å². The second-order valence-electron chi connectivity index (χ2n) is 6.40. The van der Waals surface area contributed by atoms with Gasteiger partial charge in [0.15, 0.2) is 5.82 Å². The van der Waals surface area contributed by atoms with Crippen molar-refractivity contribution in [1.29, 1.82) is 0 Å². The van der Waals surface area contributed by atoms with Gasteiger partial charge in [-0.15, -0.1) is 0 Å². The summed E-state index contributed by atoms with van der Waals surface area (Å²) in [5.74, 6) is 1.79. The first-order valence-electron chi connectivity index (χ1n) is 8.10. The van der Waals surface area contributed by atoms with Crippen molar-refractivity contribution in [1.82, 2.24) is 24.8 Å². The Balaban J connectivity index is 1.43. The van der Waals surface area contributed by atoms with Gasteiger partial charge in [0.1, 0.15) is 0 Å². The Labute approximate surface area is 131 Å². The summed E-state index contributed by atoms with van der Waals surface area (Å²) >= 11 is 0. The summed E-state index contributed by atoms with van der Waals surface area (Å²) in [5.41, 5.74) is 0. The van der Waals surface area contributed by atoms with Gasteiger partial charge in [0.25, 0.3) is 0 Å². The molecular formula is C15H25N5O2. The summed E-state index contributed by atoms with van der Waals surface area (Å²) in [5, 5.41) is 3.83. The summed E-state index contributed by atoms with van der Waals surface area (Å²) in [6.45, 7) is 8.51. The third-order valence-electron chi connectivity index (χ3n) is 4.67. The van der Waals surface area contributed by atoms with E-state index in [0.29, 0.717) is 24.7 Å². The highest BCUT2D eigenvalue weighted by Gasteiger charge is 2.30. The molecule has 3 heterocycles. The van der Waals surface area contributed by atoms with Crippen LogP contribution in [0, 0.1) is 6.92 Å². The van der Waals surface area contributed by atoms with Crippen LogP contribution in [0.4, 0.5) is 0 Å². The lowest BCUT2D eigenvalue weighted by atomic mass is 10.1. The number of rotatable bonds is 4. The number of aryl methyl sites for hydroxylation is 1. The number of amides is 1. The van der Waals surface area contributed by atoms with E-state index in [4.69, 9.17) is 4.52 Å². The third kappa shape index (κ3) is 3.64. The van der Waals surface area contributed by atoms with E-state index in [1.165, 1.54) is 0 Å². The largest absolute Gasteiger partial charge is 0.342 e. The van der Waals surface area contributed by atoms with Crippen molar-refractivity contribution in [3.8, 4) is 0 Å². The Hall–Kier alpha value is -1.47. The number of likely N-dealkylation sites (tertiary alicyclic amines) is 1. The summed E-state index contributed by atoms with van der Waals surface area (Å²) in [6, 6.07) is 0. The minimum Gasteiger partial charge on any atom is -0.342 e. The molecule has 2 fully saturated rings. The fourth-order valence-corrected chi connectivity index (χ4v) is 3.15. The average Bonchev–Trinajstić information content (AvgIpc) is 3.15. The van der Waals surface area contributed by atoms with E-state index in [1.54, 1.807) is 0 Å². The molecule has 2 aliphatic rings. The maximum absolute atomic E-state index is 12.4. The molecule has 0 saturated carbocycles. The third-order valence-corrected chi connectivity index (χ3v) is 4.67. The zero-order valence-electron chi connectivity index (χ0n) is 13.5. The molecule has 0 aromatic carbocycles. The Kier molecular flexibility index (Phi) is 4.73. The molecule has 1 amide bonds. The van der Waals surface area contributed by atoms with Gasteiger partial charge in [0.05, 0.1) is 5.92 Å². The van der Waals surface area contributed by atoms with Crippen LogP contribution >= 0.6 is 0 Å². The summed E-state index contributed by atoms with van der Waals surface area (Å²) in [6.07, 6.45) is 1.53. The van der Waals surface area contributed by atoms with E-state index < -0.39 is 0 Å². The van der Waals surface area contributed by atoms with Gasteiger partial charge in [-0.05, 0) is 20.4 Å². The topological polar surface area (TPSA) is 65.7 Å². The Morgan fingerprint density at radius 1 is 1.27 bits per heavy atom. The van der Waals surface area contributed by atoms with Crippen molar-refractivity contribution >= 4 is 5.91 Å². The van der Waals surface area contributed by atoms with Crippen molar-refractivity contribution < 1.29 is 9.32 Å². The van der Waals surface area contributed by atoms with Gasteiger partial charge in [-0.2, -0.15) is 4.98 Å². The first kappa shape index (κ1) is 15.4. The predicted octanol–water partition coefficient (Wildman–Crippen LogP) is 0.331. The van der Waals surface area contributed by atoms with Gasteiger partial charge in [-0.1, -0.05) is 5.16 Å². The smallest absolute Gasteiger partial charge is 0.231 e. The van der Waals surface area contributed by atoms with Crippen LogP contribution in [0.1, 0.15) is 30.5 Å². The number of hydrogen-bond acceptors (Lipinski definition) is 6. The monoisotopic (exact) mass is 307 g/mol. The lowest BCUT2D eigenvalue weighted by molar-refractivity contribution is -0.130. The molecule has 0 radical (unpaired) electrons. The molecule has 1 aromatic heterocycles. The maximum atomic E-state index is 12.4. The summed E-state index contributed by atoms with van der Waals surface area (Å²) in [7, 11) is 2.14. The first-order valence-corrected chi connectivity index (χ1v) is 8.10. The number of likely N-dealkylation sites (N-methyl/N-ethyl adjacent to an activating group) is 1. The number of aromatic nitrogens is 2. The maximum Gasteiger partial charge on any atom is 0.231 e. The van der Waals surface area contributed by atoms with E-state index >= 15 is 0 Å². The lowest BCUT2D eigenvalue weighted by Crippen LogP contribution is -2.45. The van der Waals surface area contributed by atoms with Crippen LogP contribution in [-0.4, -0.2) is 83.6 Å². The SMILES string of the molecule is Cc1noc(C2CCN(C(=O)CCN3CCN(C)CC3)C2)n1. The van der Waals surface area contributed by atoms with E-state index in [0.717, 1.165) is 45.7 Å². The Bertz CT molecular complexity index is 510. The molecule has 0 spiro atoms. The molecule has 22 heavy (non-hydrogen) atoms. The van der Waals surface area contributed by atoms with Crippen molar-refractivity contribution in [2.75, 3.05) is 52.9 Å². The quantitative estimate of drug-likeness (QED) is 0.799. The van der Waals surface area contributed by atoms with Crippen LogP contribution in [0.2, 0.25) is 0 Å². The fourth-order valence-electron chi connectivity index (χ4n) is 3.15. The Morgan fingerprint density at radius 2 is 2.05 bits per heavy atom. The normalized spacial score (nSPS) is 24.1. The summed E-state index contributed by atoms with van der Waals surface area (Å²) in [4.78, 5) is 23.3. The standard InChI is InChI=1S/C15H25N5O2/c1-12-16-15(22-17-12)13-3-6-20(11-13)14(21)4-5-19-9-7-18(2)8-10-19/h13H,3-11H2,1-2H3. The van der Waals surface area contributed by atoms with Gasteiger partial charge in [-0.25, -0.2) is 0 Å². The number of hydrogen-bond donors (Lipinski definition) is 0. The average molecular weight is 307 g/mol. The van der Waals surface area contributed by atoms with E-state index in [2.05, 4.69) is 27.0 Å². The van der Waals surface area contributed by atoms with E-state index in [-0.39, 0.29) is 11.8 Å². The molecule has 1 aromatic rings. The van der Waals surface area contributed by atoms with Gasteiger partial charge < -0.3 is 19.2 Å². The van der Waals surface area contributed by atoms with Gasteiger partial charge >= 0.3 is 0 Å². The van der Waals surface area contributed by atoms with Crippen LogP contribution in [0.5, 0.6) is 0 Å². The van der Waals surface area contributed by atoms with E-state index in [1.807, 2.05) is 11.8 Å². The van der Waals surface area contributed by atoms with Crippen LogP contribution in [-0.2, 0) is 4.79 Å². The van der Waals surface area contributed by atoms with E-state index in [9.17, 15) is 4.79 Å². The first-order chi connectivity index (χ1) is 10.6. The van der Waals surface area contributed by atoms with Crippen LogP contribution in [0.3, 0.4) is 0 Å². The minimum atomic E-state index is 0.203. The summed E-state index contributed by atoms with van der Waals surface area (Å²) < 4.78 is 5.23. The molecule has 1 unspecified atom stereocenters. The van der Waals surface area contributed by atoms with Crippen LogP contribution < -0.4 is 0 Å². The lowest BCUT2D eigenvalue weighted by Gasteiger charge is -2.32. The molecule has 122 valence electrons. The molecular weight excluding hydrogens is 282 g/mol. The zero-order chi connectivity index (χ0) is 15.5. The molecule has 1 atom stereocenters. The molecule has 7 heteroatoms. The molecule has 0 aliphatic carbocycles. The fraction of sp³-hybridized carbons (Fsp3) is 0.800. The molecule has 3 rings (SSSR count). The zero-order valence-corrected chi connectivity index (χ0v) is 13.5.